The van der Waals surface area contributed by atoms with Crippen LogP contribution in [-0.2, 0) is 0 Å². The highest BCUT2D eigenvalue weighted by molar-refractivity contribution is 9.09. The van der Waals surface area contributed by atoms with E-state index in [4.69, 9.17) is 0 Å². The molecule has 0 saturated heterocycles. The standard InChI is InChI=1S/C16H22BrNO/c1-11-6-5-8-14(12(11)2)16(19)18-10-13-7-3-4-9-15(13)17/h5-6,8,13,15H,3-4,7,9-10H2,1-2H3,(H,18,19). The van der Waals surface area contributed by atoms with Gasteiger partial charge in [0.15, 0.2) is 0 Å². The molecular weight excluding hydrogens is 302 g/mol. The van der Waals surface area contributed by atoms with Crippen molar-refractivity contribution in [2.45, 2.75) is 44.4 Å². The normalized spacial score (nSPS) is 23.1. The van der Waals surface area contributed by atoms with Gasteiger partial charge in [0.25, 0.3) is 5.91 Å². The molecule has 1 aliphatic carbocycles. The first-order chi connectivity index (χ1) is 9.09. The Kier molecular flexibility index (Phi) is 5.03. The quantitative estimate of drug-likeness (QED) is 0.837. The Morgan fingerprint density at radius 3 is 2.79 bits per heavy atom. The molecule has 0 heterocycles. The minimum Gasteiger partial charge on any atom is -0.352 e. The maximum atomic E-state index is 12.2. The largest absolute Gasteiger partial charge is 0.352 e. The molecule has 104 valence electrons. The van der Waals surface area contributed by atoms with Crippen LogP contribution < -0.4 is 5.32 Å². The van der Waals surface area contributed by atoms with E-state index in [2.05, 4.69) is 21.2 Å². The fraction of sp³-hybridized carbons (Fsp3) is 0.562. The van der Waals surface area contributed by atoms with E-state index in [-0.39, 0.29) is 5.91 Å². The van der Waals surface area contributed by atoms with E-state index in [9.17, 15) is 4.79 Å². The highest BCUT2D eigenvalue weighted by Crippen LogP contribution is 2.29. The van der Waals surface area contributed by atoms with Gasteiger partial charge in [-0.2, -0.15) is 0 Å². The Morgan fingerprint density at radius 1 is 1.32 bits per heavy atom. The average molecular weight is 324 g/mol. The maximum Gasteiger partial charge on any atom is 0.251 e. The molecule has 2 rings (SSSR count). The number of rotatable bonds is 3. The third-order valence-corrected chi connectivity index (χ3v) is 5.40. The Bertz CT molecular complexity index is 458. The van der Waals surface area contributed by atoms with Crippen molar-refractivity contribution < 1.29 is 4.79 Å². The van der Waals surface area contributed by atoms with Crippen molar-refractivity contribution in [3.8, 4) is 0 Å². The van der Waals surface area contributed by atoms with Crippen LogP contribution in [0, 0.1) is 19.8 Å². The van der Waals surface area contributed by atoms with Crippen molar-refractivity contribution in [1.29, 1.82) is 0 Å². The molecular formula is C16H22BrNO. The van der Waals surface area contributed by atoms with Crippen LogP contribution in [0.2, 0.25) is 0 Å². The van der Waals surface area contributed by atoms with Crippen LogP contribution in [-0.4, -0.2) is 17.3 Å². The SMILES string of the molecule is Cc1cccc(C(=O)NCC2CCCCC2Br)c1C. The van der Waals surface area contributed by atoms with Crippen molar-refractivity contribution in [3.63, 3.8) is 0 Å². The minimum absolute atomic E-state index is 0.0615. The number of benzene rings is 1. The smallest absolute Gasteiger partial charge is 0.251 e. The monoisotopic (exact) mass is 323 g/mol. The first-order valence-electron chi connectivity index (χ1n) is 7.08. The van der Waals surface area contributed by atoms with Crippen LogP contribution in [0.1, 0.15) is 47.2 Å². The lowest BCUT2D eigenvalue weighted by atomic mass is 9.89. The van der Waals surface area contributed by atoms with E-state index in [1.165, 1.54) is 31.2 Å². The number of aryl methyl sites for hydroxylation is 1. The van der Waals surface area contributed by atoms with Gasteiger partial charge in [-0.25, -0.2) is 0 Å². The van der Waals surface area contributed by atoms with Crippen LogP contribution in [0.25, 0.3) is 0 Å². The third-order valence-electron chi connectivity index (χ3n) is 4.19. The molecule has 1 aliphatic rings. The topological polar surface area (TPSA) is 29.1 Å². The molecule has 0 spiro atoms. The summed E-state index contributed by atoms with van der Waals surface area (Å²) in [5.41, 5.74) is 3.06. The van der Waals surface area contributed by atoms with Gasteiger partial charge in [-0.1, -0.05) is 40.9 Å². The van der Waals surface area contributed by atoms with E-state index >= 15 is 0 Å². The molecule has 19 heavy (non-hydrogen) atoms. The van der Waals surface area contributed by atoms with Gasteiger partial charge in [0.05, 0.1) is 0 Å². The fourth-order valence-electron chi connectivity index (χ4n) is 2.71. The first kappa shape index (κ1) is 14.6. The number of amides is 1. The van der Waals surface area contributed by atoms with Crippen molar-refractivity contribution in [2.24, 2.45) is 5.92 Å². The summed E-state index contributed by atoms with van der Waals surface area (Å²) in [7, 11) is 0. The fourth-order valence-corrected chi connectivity index (χ4v) is 3.48. The third kappa shape index (κ3) is 3.59. The number of carbonyl (C=O) groups is 1. The maximum absolute atomic E-state index is 12.2. The number of hydrogen-bond acceptors (Lipinski definition) is 1. The van der Waals surface area contributed by atoms with Gasteiger partial charge in [0.2, 0.25) is 0 Å². The Balaban J connectivity index is 1.95. The molecule has 2 unspecified atom stereocenters. The summed E-state index contributed by atoms with van der Waals surface area (Å²) >= 11 is 3.74. The first-order valence-corrected chi connectivity index (χ1v) is 7.99. The predicted molar refractivity (Wildman–Crippen MR) is 82.9 cm³/mol. The molecule has 0 aromatic heterocycles. The van der Waals surface area contributed by atoms with Gasteiger partial charge in [-0.15, -0.1) is 0 Å². The van der Waals surface area contributed by atoms with Gasteiger partial charge in [-0.05, 0) is 49.8 Å². The molecule has 1 fully saturated rings. The second kappa shape index (κ2) is 6.56. The Labute approximate surface area is 124 Å². The zero-order chi connectivity index (χ0) is 13.8. The molecule has 0 aliphatic heterocycles. The molecule has 0 bridgehead atoms. The zero-order valence-corrected chi connectivity index (χ0v) is 13.3. The van der Waals surface area contributed by atoms with Crippen molar-refractivity contribution in [3.05, 3.63) is 34.9 Å². The van der Waals surface area contributed by atoms with E-state index in [0.717, 1.165) is 17.7 Å². The lowest BCUT2D eigenvalue weighted by Crippen LogP contribution is -2.34. The van der Waals surface area contributed by atoms with E-state index in [1.807, 2.05) is 32.0 Å². The van der Waals surface area contributed by atoms with Gasteiger partial charge in [0.1, 0.15) is 0 Å². The number of carbonyl (C=O) groups excluding carboxylic acids is 1. The summed E-state index contributed by atoms with van der Waals surface area (Å²) in [6.45, 7) is 4.84. The molecule has 2 nitrogen and oxygen atoms in total. The number of halogens is 1. The number of hydrogen-bond donors (Lipinski definition) is 1. The van der Waals surface area contributed by atoms with Gasteiger partial charge in [-0.3, -0.25) is 4.79 Å². The molecule has 1 amide bonds. The van der Waals surface area contributed by atoms with Gasteiger partial charge >= 0.3 is 0 Å². The van der Waals surface area contributed by atoms with Gasteiger partial charge in [0, 0.05) is 16.9 Å². The Morgan fingerprint density at radius 2 is 2.05 bits per heavy atom. The summed E-state index contributed by atoms with van der Waals surface area (Å²) < 4.78 is 0. The van der Waals surface area contributed by atoms with E-state index in [1.54, 1.807) is 0 Å². The lowest BCUT2D eigenvalue weighted by Gasteiger charge is -2.27. The van der Waals surface area contributed by atoms with Crippen LogP contribution in [0.5, 0.6) is 0 Å². The second-order valence-corrected chi connectivity index (χ2v) is 6.69. The molecule has 1 saturated carbocycles. The van der Waals surface area contributed by atoms with Crippen molar-refractivity contribution in [1.82, 2.24) is 5.32 Å². The molecule has 1 aromatic rings. The molecule has 0 radical (unpaired) electrons. The number of nitrogens with one attached hydrogen (secondary N) is 1. The van der Waals surface area contributed by atoms with Crippen LogP contribution >= 0.6 is 15.9 Å². The minimum atomic E-state index is 0.0615. The molecule has 1 aromatic carbocycles. The predicted octanol–water partition coefficient (Wildman–Crippen LogP) is 3.99. The lowest BCUT2D eigenvalue weighted by molar-refractivity contribution is 0.0944. The molecule has 3 heteroatoms. The molecule has 1 N–H and O–H groups in total. The van der Waals surface area contributed by atoms with Crippen molar-refractivity contribution in [2.75, 3.05) is 6.54 Å². The highest BCUT2D eigenvalue weighted by atomic mass is 79.9. The van der Waals surface area contributed by atoms with Crippen LogP contribution in [0.4, 0.5) is 0 Å². The van der Waals surface area contributed by atoms with E-state index < -0.39 is 0 Å². The van der Waals surface area contributed by atoms with Crippen LogP contribution in [0.3, 0.4) is 0 Å². The van der Waals surface area contributed by atoms with E-state index in [0.29, 0.717) is 10.7 Å². The summed E-state index contributed by atoms with van der Waals surface area (Å²) in [4.78, 5) is 12.8. The summed E-state index contributed by atoms with van der Waals surface area (Å²) in [6, 6.07) is 5.90. The van der Waals surface area contributed by atoms with Crippen molar-refractivity contribution >= 4 is 21.8 Å². The Hall–Kier alpha value is -0.830. The summed E-state index contributed by atoms with van der Waals surface area (Å²) in [5.74, 6) is 0.634. The van der Waals surface area contributed by atoms with Gasteiger partial charge < -0.3 is 5.32 Å². The second-order valence-electron chi connectivity index (χ2n) is 5.52. The number of alkyl halides is 1. The highest BCUT2D eigenvalue weighted by Gasteiger charge is 2.23. The molecule has 2 atom stereocenters. The zero-order valence-electron chi connectivity index (χ0n) is 11.7. The van der Waals surface area contributed by atoms with Crippen LogP contribution in [0.15, 0.2) is 18.2 Å². The summed E-state index contributed by atoms with van der Waals surface area (Å²) in [6.07, 6.45) is 5.02. The average Bonchev–Trinajstić information content (AvgIpc) is 2.40. The summed E-state index contributed by atoms with van der Waals surface area (Å²) in [5, 5.41) is 3.10.